The number of nitrogens with one attached hydrogen (secondary N) is 1. The van der Waals surface area contributed by atoms with Gasteiger partial charge < -0.3 is 14.8 Å². The highest BCUT2D eigenvalue weighted by Gasteiger charge is 2.09. The van der Waals surface area contributed by atoms with Crippen LogP contribution in [0.1, 0.15) is 45.2 Å². The number of ether oxygens (including phenoxy) is 2. The van der Waals surface area contributed by atoms with Crippen LogP contribution in [0.5, 0.6) is 5.75 Å². The number of halogens is 1. The van der Waals surface area contributed by atoms with E-state index < -0.39 is 0 Å². The number of hydrogen-bond donors (Lipinski definition) is 1. The van der Waals surface area contributed by atoms with E-state index in [-0.39, 0.29) is 0 Å². The lowest BCUT2D eigenvalue weighted by Crippen LogP contribution is -2.18. The molecule has 114 valence electrons. The van der Waals surface area contributed by atoms with Gasteiger partial charge in [-0.3, -0.25) is 0 Å². The molecule has 1 atom stereocenters. The van der Waals surface area contributed by atoms with Gasteiger partial charge in [0.2, 0.25) is 0 Å². The molecule has 1 N–H and O–H groups in total. The number of rotatable bonds is 10. The van der Waals surface area contributed by atoms with Crippen molar-refractivity contribution < 1.29 is 9.47 Å². The number of hydrogen-bond acceptors (Lipinski definition) is 3. The van der Waals surface area contributed by atoms with E-state index in [1.807, 2.05) is 12.1 Å². The molecule has 0 radical (unpaired) electrons. The fourth-order valence-corrected chi connectivity index (χ4v) is 2.63. The zero-order chi connectivity index (χ0) is 14.8. The molecule has 1 rings (SSSR count). The molecule has 1 aromatic rings. The van der Waals surface area contributed by atoms with Crippen LogP contribution in [-0.2, 0) is 4.74 Å². The summed E-state index contributed by atoms with van der Waals surface area (Å²) in [6.07, 6.45) is 2.28. The predicted octanol–water partition coefficient (Wildman–Crippen LogP) is 4.32. The van der Waals surface area contributed by atoms with Gasteiger partial charge in [-0.1, -0.05) is 42.3 Å². The summed E-state index contributed by atoms with van der Waals surface area (Å²) in [6.45, 7) is 9.45. The molecule has 0 spiro atoms. The van der Waals surface area contributed by atoms with Crippen LogP contribution in [-0.4, -0.2) is 26.4 Å². The smallest absolute Gasteiger partial charge is 0.120 e. The first-order chi connectivity index (χ1) is 9.69. The van der Waals surface area contributed by atoms with Crippen molar-refractivity contribution in [3.8, 4) is 5.75 Å². The maximum absolute atomic E-state index is 5.69. The molecule has 1 aromatic carbocycles. The average molecular weight is 344 g/mol. The minimum absolute atomic E-state index is 0.334. The first kappa shape index (κ1) is 17.5. The van der Waals surface area contributed by atoms with E-state index in [1.54, 1.807) is 0 Å². The molecule has 0 heterocycles. The molecule has 0 saturated carbocycles. The Morgan fingerprint density at radius 1 is 1.20 bits per heavy atom. The molecule has 3 nitrogen and oxygen atoms in total. The van der Waals surface area contributed by atoms with Crippen LogP contribution < -0.4 is 10.1 Å². The zero-order valence-corrected chi connectivity index (χ0v) is 14.3. The molecule has 0 aliphatic rings. The summed E-state index contributed by atoms with van der Waals surface area (Å²) in [6, 6.07) is 6.47. The summed E-state index contributed by atoms with van der Waals surface area (Å²) < 4.78 is 12.2. The second kappa shape index (κ2) is 10.2. The van der Waals surface area contributed by atoms with E-state index >= 15 is 0 Å². The summed E-state index contributed by atoms with van der Waals surface area (Å²) in [5, 5.41) is 3.40. The van der Waals surface area contributed by atoms with Crippen LogP contribution in [0.3, 0.4) is 0 Å². The van der Waals surface area contributed by atoms with Gasteiger partial charge in [0.1, 0.15) is 12.4 Å². The van der Waals surface area contributed by atoms with E-state index in [0.29, 0.717) is 19.3 Å². The minimum atomic E-state index is 0.334. The molecule has 20 heavy (non-hydrogen) atoms. The van der Waals surface area contributed by atoms with Crippen molar-refractivity contribution in [1.82, 2.24) is 5.32 Å². The van der Waals surface area contributed by atoms with Crippen LogP contribution in [0.2, 0.25) is 0 Å². The summed E-state index contributed by atoms with van der Waals surface area (Å²) >= 11 is 3.61. The predicted molar refractivity (Wildman–Crippen MR) is 87.5 cm³/mol. The van der Waals surface area contributed by atoms with E-state index in [4.69, 9.17) is 9.47 Å². The van der Waals surface area contributed by atoms with Gasteiger partial charge >= 0.3 is 0 Å². The van der Waals surface area contributed by atoms with Crippen LogP contribution in [0.25, 0.3) is 0 Å². The second-order valence-electron chi connectivity index (χ2n) is 4.78. The molecule has 0 aliphatic heterocycles. The van der Waals surface area contributed by atoms with Crippen LogP contribution in [0.4, 0.5) is 0 Å². The Bertz CT molecular complexity index is 385. The first-order valence-corrected chi connectivity index (χ1v) is 8.21. The van der Waals surface area contributed by atoms with Gasteiger partial charge in [-0.2, -0.15) is 0 Å². The van der Waals surface area contributed by atoms with Crippen LogP contribution >= 0.6 is 15.9 Å². The Kier molecular flexibility index (Phi) is 8.90. The maximum Gasteiger partial charge on any atom is 0.120 e. The fourth-order valence-electron chi connectivity index (χ4n) is 1.93. The molecule has 4 heteroatoms. The SMILES string of the molecule is CCCCOCCOc1ccc(C(C)NCC)c(Br)c1. The van der Waals surface area contributed by atoms with Crippen molar-refractivity contribution in [2.24, 2.45) is 0 Å². The highest BCUT2D eigenvalue weighted by atomic mass is 79.9. The molecule has 0 amide bonds. The monoisotopic (exact) mass is 343 g/mol. The number of unbranched alkanes of at least 4 members (excludes halogenated alkanes) is 1. The summed E-state index contributed by atoms with van der Waals surface area (Å²) in [5.41, 5.74) is 1.25. The summed E-state index contributed by atoms with van der Waals surface area (Å²) in [5.74, 6) is 0.878. The Labute approximate surface area is 131 Å². The third-order valence-electron chi connectivity index (χ3n) is 3.09. The minimum Gasteiger partial charge on any atom is -0.491 e. The van der Waals surface area contributed by atoms with Crippen LogP contribution in [0, 0.1) is 0 Å². The molecule has 0 aromatic heterocycles. The van der Waals surface area contributed by atoms with E-state index in [0.717, 1.165) is 29.8 Å². The maximum atomic E-state index is 5.69. The lowest BCUT2D eigenvalue weighted by Gasteiger charge is -2.15. The van der Waals surface area contributed by atoms with Gasteiger partial charge in [0, 0.05) is 17.1 Å². The van der Waals surface area contributed by atoms with Gasteiger partial charge in [0.25, 0.3) is 0 Å². The van der Waals surface area contributed by atoms with Gasteiger partial charge in [0.15, 0.2) is 0 Å². The third kappa shape index (κ3) is 6.25. The van der Waals surface area contributed by atoms with Crippen molar-refractivity contribution in [2.75, 3.05) is 26.4 Å². The molecular formula is C16H26BrNO2. The Balaban J connectivity index is 2.39. The lowest BCUT2D eigenvalue weighted by atomic mass is 10.1. The van der Waals surface area contributed by atoms with Crippen molar-refractivity contribution >= 4 is 15.9 Å². The Morgan fingerprint density at radius 2 is 2.00 bits per heavy atom. The molecule has 0 bridgehead atoms. The zero-order valence-electron chi connectivity index (χ0n) is 12.7. The largest absolute Gasteiger partial charge is 0.491 e. The van der Waals surface area contributed by atoms with Crippen molar-refractivity contribution in [1.29, 1.82) is 0 Å². The Morgan fingerprint density at radius 3 is 2.65 bits per heavy atom. The van der Waals surface area contributed by atoms with E-state index in [9.17, 15) is 0 Å². The third-order valence-corrected chi connectivity index (χ3v) is 3.77. The summed E-state index contributed by atoms with van der Waals surface area (Å²) in [4.78, 5) is 0. The lowest BCUT2D eigenvalue weighted by molar-refractivity contribution is 0.0980. The van der Waals surface area contributed by atoms with Gasteiger partial charge in [-0.25, -0.2) is 0 Å². The standard InChI is InChI=1S/C16H26BrNO2/c1-4-6-9-19-10-11-20-14-7-8-15(16(17)12-14)13(3)18-5-2/h7-8,12-13,18H,4-6,9-11H2,1-3H3. The molecule has 0 saturated heterocycles. The molecular weight excluding hydrogens is 318 g/mol. The van der Waals surface area contributed by atoms with E-state index in [1.165, 1.54) is 12.0 Å². The Hall–Kier alpha value is -0.580. The highest BCUT2D eigenvalue weighted by Crippen LogP contribution is 2.27. The first-order valence-electron chi connectivity index (χ1n) is 7.42. The summed E-state index contributed by atoms with van der Waals surface area (Å²) in [7, 11) is 0. The van der Waals surface area contributed by atoms with Crippen LogP contribution in [0.15, 0.2) is 22.7 Å². The topological polar surface area (TPSA) is 30.5 Å². The average Bonchev–Trinajstić information content (AvgIpc) is 2.43. The van der Waals surface area contributed by atoms with Crippen molar-refractivity contribution in [3.05, 3.63) is 28.2 Å². The van der Waals surface area contributed by atoms with Crippen molar-refractivity contribution in [2.45, 2.75) is 39.7 Å². The quantitative estimate of drug-likeness (QED) is 0.642. The van der Waals surface area contributed by atoms with Gasteiger partial charge in [0.05, 0.1) is 6.61 Å². The fraction of sp³-hybridized carbons (Fsp3) is 0.625. The normalized spacial score (nSPS) is 12.4. The van der Waals surface area contributed by atoms with Gasteiger partial charge in [-0.15, -0.1) is 0 Å². The molecule has 0 aliphatic carbocycles. The van der Waals surface area contributed by atoms with Crippen molar-refractivity contribution in [3.63, 3.8) is 0 Å². The second-order valence-corrected chi connectivity index (χ2v) is 5.63. The van der Waals surface area contributed by atoms with E-state index in [2.05, 4.69) is 48.1 Å². The molecule has 1 unspecified atom stereocenters. The number of benzene rings is 1. The van der Waals surface area contributed by atoms with Gasteiger partial charge in [-0.05, 0) is 37.6 Å². The highest BCUT2D eigenvalue weighted by molar-refractivity contribution is 9.10. The molecule has 0 fully saturated rings.